The van der Waals surface area contributed by atoms with Crippen LogP contribution in [-0.4, -0.2) is 16.1 Å². The molecule has 1 N–H and O–H groups in total. The highest BCUT2D eigenvalue weighted by Crippen LogP contribution is 2.28. The van der Waals surface area contributed by atoms with Gasteiger partial charge in [0.1, 0.15) is 0 Å². The molecule has 0 fully saturated rings. The molecule has 0 radical (unpaired) electrons. The standard InChI is InChI=1S/C12H21N3O2/c1-6-9(12(3,4)5)11(16)13-7-10-15-14-8(2)17-10/h9H,6-7H2,1-5H3,(H,13,16). The quantitative estimate of drug-likeness (QED) is 0.873. The number of carbonyl (C=O) groups is 1. The monoisotopic (exact) mass is 239 g/mol. The van der Waals surface area contributed by atoms with Gasteiger partial charge in [-0.15, -0.1) is 10.2 Å². The molecule has 0 aliphatic heterocycles. The summed E-state index contributed by atoms with van der Waals surface area (Å²) in [6.45, 7) is 10.2. The molecule has 0 aromatic carbocycles. The molecule has 0 aliphatic carbocycles. The summed E-state index contributed by atoms with van der Waals surface area (Å²) < 4.78 is 5.20. The minimum absolute atomic E-state index is 0.00785. The fraction of sp³-hybridized carbons (Fsp3) is 0.750. The molecule has 1 unspecified atom stereocenters. The van der Waals surface area contributed by atoms with Crippen LogP contribution in [0.1, 0.15) is 45.9 Å². The van der Waals surface area contributed by atoms with Crippen LogP contribution < -0.4 is 5.32 Å². The zero-order valence-electron chi connectivity index (χ0n) is 11.2. The van der Waals surface area contributed by atoms with Crippen LogP contribution in [0, 0.1) is 18.3 Å². The number of aromatic nitrogens is 2. The molecule has 0 aliphatic rings. The van der Waals surface area contributed by atoms with E-state index in [-0.39, 0.29) is 17.2 Å². The van der Waals surface area contributed by atoms with Crippen LogP contribution >= 0.6 is 0 Å². The first-order valence-corrected chi connectivity index (χ1v) is 5.91. The van der Waals surface area contributed by atoms with Crippen molar-refractivity contribution < 1.29 is 9.21 Å². The van der Waals surface area contributed by atoms with Gasteiger partial charge in [-0.05, 0) is 11.8 Å². The highest BCUT2D eigenvalue weighted by Gasteiger charge is 2.29. The van der Waals surface area contributed by atoms with E-state index in [4.69, 9.17) is 4.42 Å². The van der Waals surface area contributed by atoms with Gasteiger partial charge in [0, 0.05) is 12.8 Å². The van der Waals surface area contributed by atoms with E-state index in [2.05, 4.69) is 36.3 Å². The second-order valence-corrected chi connectivity index (χ2v) is 5.26. The van der Waals surface area contributed by atoms with E-state index in [1.807, 2.05) is 6.92 Å². The minimum Gasteiger partial charge on any atom is -0.424 e. The van der Waals surface area contributed by atoms with Crippen LogP contribution in [0.25, 0.3) is 0 Å². The van der Waals surface area contributed by atoms with Gasteiger partial charge in [-0.2, -0.15) is 0 Å². The van der Waals surface area contributed by atoms with E-state index < -0.39 is 0 Å². The van der Waals surface area contributed by atoms with E-state index >= 15 is 0 Å². The van der Waals surface area contributed by atoms with E-state index in [0.717, 1.165) is 6.42 Å². The van der Waals surface area contributed by atoms with Crippen molar-refractivity contribution in [3.8, 4) is 0 Å². The molecule has 5 nitrogen and oxygen atoms in total. The molecule has 96 valence electrons. The Morgan fingerprint density at radius 3 is 2.47 bits per heavy atom. The first-order valence-electron chi connectivity index (χ1n) is 5.91. The van der Waals surface area contributed by atoms with Gasteiger partial charge in [-0.1, -0.05) is 27.7 Å². The van der Waals surface area contributed by atoms with Gasteiger partial charge in [0.15, 0.2) is 0 Å². The Labute approximate surface area is 102 Å². The van der Waals surface area contributed by atoms with Crippen molar-refractivity contribution in [3.05, 3.63) is 11.8 Å². The lowest BCUT2D eigenvalue weighted by Crippen LogP contribution is -2.37. The average Bonchev–Trinajstić information content (AvgIpc) is 2.60. The number of rotatable bonds is 4. The zero-order chi connectivity index (χ0) is 13.1. The largest absolute Gasteiger partial charge is 0.424 e. The molecule has 0 saturated heterocycles. The summed E-state index contributed by atoms with van der Waals surface area (Å²) in [5.74, 6) is 0.985. The van der Waals surface area contributed by atoms with Crippen LogP contribution in [-0.2, 0) is 11.3 Å². The zero-order valence-corrected chi connectivity index (χ0v) is 11.2. The fourth-order valence-electron chi connectivity index (χ4n) is 1.89. The highest BCUT2D eigenvalue weighted by atomic mass is 16.4. The van der Waals surface area contributed by atoms with E-state index in [1.165, 1.54) is 0 Å². The summed E-state index contributed by atoms with van der Waals surface area (Å²) in [6, 6.07) is 0. The van der Waals surface area contributed by atoms with Crippen molar-refractivity contribution >= 4 is 5.91 Å². The Hall–Kier alpha value is -1.39. The maximum atomic E-state index is 12.0. The first-order chi connectivity index (χ1) is 7.84. The van der Waals surface area contributed by atoms with Gasteiger partial charge in [0.2, 0.25) is 17.7 Å². The topological polar surface area (TPSA) is 68.0 Å². The molecule has 1 rings (SSSR count). The van der Waals surface area contributed by atoms with Gasteiger partial charge in [0.05, 0.1) is 6.54 Å². The van der Waals surface area contributed by atoms with Gasteiger partial charge in [0.25, 0.3) is 0 Å². The van der Waals surface area contributed by atoms with Crippen LogP contribution in [0.4, 0.5) is 0 Å². The summed E-state index contributed by atoms with van der Waals surface area (Å²) >= 11 is 0. The fourth-order valence-corrected chi connectivity index (χ4v) is 1.89. The number of nitrogens with one attached hydrogen (secondary N) is 1. The van der Waals surface area contributed by atoms with Gasteiger partial charge in [-0.25, -0.2) is 0 Å². The predicted octanol–water partition coefficient (Wildman–Crippen LogP) is 2.07. The van der Waals surface area contributed by atoms with Crippen molar-refractivity contribution in [2.45, 2.75) is 47.6 Å². The summed E-state index contributed by atoms with van der Waals surface area (Å²) in [5, 5.41) is 10.4. The molecule has 17 heavy (non-hydrogen) atoms. The molecule has 1 amide bonds. The van der Waals surface area contributed by atoms with E-state index in [1.54, 1.807) is 6.92 Å². The third kappa shape index (κ3) is 3.84. The SMILES string of the molecule is CCC(C(=O)NCc1nnc(C)o1)C(C)(C)C. The van der Waals surface area contributed by atoms with Crippen LogP contribution in [0.3, 0.4) is 0 Å². The van der Waals surface area contributed by atoms with Crippen molar-refractivity contribution in [2.75, 3.05) is 0 Å². The Morgan fingerprint density at radius 2 is 2.06 bits per heavy atom. The minimum atomic E-state index is -0.0381. The molecule has 1 aromatic heterocycles. The van der Waals surface area contributed by atoms with E-state index in [9.17, 15) is 4.79 Å². The van der Waals surface area contributed by atoms with Crippen LogP contribution in [0.2, 0.25) is 0 Å². The molecule has 0 saturated carbocycles. The number of amides is 1. The number of hydrogen-bond acceptors (Lipinski definition) is 4. The van der Waals surface area contributed by atoms with Gasteiger partial charge >= 0.3 is 0 Å². The Balaban J connectivity index is 2.54. The summed E-state index contributed by atoms with van der Waals surface area (Å²) in [7, 11) is 0. The van der Waals surface area contributed by atoms with Crippen molar-refractivity contribution in [2.24, 2.45) is 11.3 Å². The van der Waals surface area contributed by atoms with Crippen molar-refractivity contribution in [3.63, 3.8) is 0 Å². The smallest absolute Gasteiger partial charge is 0.235 e. The first kappa shape index (κ1) is 13.7. The number of carbonyl (C=O) groups excluding carboxylic acids is 1. The summed E-state index contributed by atoms with van der Waals surface area (Å²) in [5.41, 5.74) is -0.0381. The maximum Gasteiger partial charge on any atom is 0.235 e. The number of aryl methyl sites for hydroxylation is 1. The molecular formula is C12H21N3O2. The maximum absolute atomic E-state index is 12.0. The normalized spacial score (nSPS) is 13.5. The van der Waals surface area contributed by atoms with Crippen molar-refractivity contribution in [1.29, 1.82) is 0 Å². The second kappa shape index (κ2) is 5.29. The van der Waals surface area contributed by atoms with Gasteiger partial charge < -0.3 is 9.73 Å². The third-order valence-corrected chi connectivity index (χ3v) is 2.75. The molecule has 1 aromatic rings. The summed E-state index contributed by atoms with van der Waals surface area (Å²) in [4.78, 5) is 12.0. The highest BCUT2D eigenvalue weighted by molar-refractivity contribution is 5.79. The molecular weight excluding hydrogens is 218 g/mol. The Kier molecular flexibility index (Phi) is 4.26. The summed E-state index contributed by atoms with van der Waals surface area (Å²) in [6.07, 6.45) is 0.818. The third-order valence-electron chi connectivity index (χ3n) is 2.75. The van der Waals surface area contributed by atoms with Crippen LogP contribution in [0.15, 0.2) is 4.42 Å². The molecule has 1 heterocycles. The van der Waals surface area contributed by atoms with Crippen LogP contribution in [0.5, 0.6) is 0 Å². The predicted molar refractivity (Wildman–Crippen MR) is 64.1 cm³/mol. The molecule has 1 atom stereocenters. The lowest BCUT2D eigenvalue weighted by atomic mass is 9.78. The lowest BCUT2D eigenvalue weighted by molar-refractivity contribution is -0.128. The number of nitrogens with zero attached hydrogens (tertiary/aromatic N) is 2. The second-order valence-electron chi connectivity index (χ2n) is 5.26. The molecule has 5 heteroatoms. The molecule has 0 spiro atoms. The molecule has 0 bridgehead atoms. The number of hydrogen-bond donors (Lipinski definition) is 1. The van der Waals surface area contributed by atoms with Gasteiger partial charge in [-0.3, -0.25) is 4.79 Å². The Morgan fingerprint density at radius 1 is 1.41 bits per heavy atom. The lowest BCUT2D eigenvalue weighted by Gasteiger charge is -2.28. The Bertz CT molecular complexity index is 379. The van der Waals surface area contributed by atoms with Crippen molar-refractivity contribution in [1.82, 2.24) is 15.5 Å². The van der Waals surface area contributed by atoms with E-state index in [0.29, 0.717) is 18.3 Å². The average molecular weight is 239 g/mol.